The van der Waals surface area contributed by atoms with E-state index in [1.807, 2.05) is 32.0 Å². The first-order valence-electron chi connectivity index (χ1n) is 12.2. The monoisotopic (exact) mass is 501 g/mol. The Morgan fingerprint density at radius 2 is 1.69 bits per heavy atom. The number of rotatable bonds is 7. The predicted octanol–water partition coefficient (Wildman–Crippen LogP) is 6.97. The van der Waals surface area contributed by atoms with Crippen LogP contribution in [0.4, 0.5) is 0 Å². The van der Waals surface area contributed by atoms with Gasteiger partial charge in [0.25, 0.3) is 0 Å². The van der Waals surface area contributed by atoms with Crippen LogP contribution in [0, 0.1) is 12.3 Å². The zero-order valence-electron chi connectivity index (χ0n) is 22.0. The lowest BCUT2D eigenvalue weighted by Crippen LogP contribution is -2.49. The van der Waals surface area contributed by atoms with Gasteiger partial charge < -0.3 is 9.47 Å². The molecule has 0 saturated carbocycles. The highest BCUT2D eigenvalue weighted by Gasteiger charge is 2.44. The zero-order valence-corrected chi connectivity index (χ0v) is 22.8. The van der Waals surface area contributed by atoms with Gasteiger partial charge in [-0.05, 0) is 60.7 Å². The molecule has 3 aromatic carbocycles. The number of carbonyl (C=O) groups excluding carboxylic acids is 1. The Labute approximate surface area is 219 Å². The van der Waals surface area contributed by atoms with Gasteiger partial charge in [-0.15, -0.1) is 11.8 Å². The van der Waals surface area contributed by atoms with Crippen molar-refractivity contribution in [3.63, 3.8) is 0 Å². The summed E-state index contributed by atoms with van der Waals surface area (Å²) in [6.45, 7) is 7.53. The van der Waals surface area contributed by atoms with Crippen LogP contribution in [0.25, 0.3) is 6.08 Å². The number of ether oxygens (including phenoxy) is 2. The topological polar surface area (TPSA) is 38.8 Å². The zero-order chi connectivity index (χ0) is 25.9. The number of likely N-dealkylation sites (tertiary alicyclic amines) is 1. The summed E-state index contributed by atoms with van der Waals surface area (Å²) in [5, 5.41) is 0. The fraction of sp³-hybridized carbons (Fsp3) is 0.323. The first-order valence-corrected chi connectivity index (χ1v) is 13.4. The smallest absolute Gasteiger partial charge is 0.167 e. The fourth-order valence-corrected chi connectivity index (χ4v) is 5.31. The lowest BCUT2D eigenvalue weighted by atomic mass is 9.74. The summed E-state index contributed by atoms with van der Waals surface area (Å²) < 4.78 is 11.4. The number of nitrogens with zero attached hydrogens (tertiary/aromatic N) is 1. The van der Waals surface area contributed by atoms with Gasteiger partial charge in [-0.25, -0.2) is 0 Å². The number of thioether (sulfide) groups is 1. The second-order valence-corrected chi connectivity index (χ2v) is 10.9. The summed E-state index contributed by atoms with van der Waals surface area (Å²) in [5.74, 6) is 1.64. The number of aryl methyl sites for hydroxylation is 1. The molecule has 1 unspecified atom stereocenters. The number of methoxy groups -OCH3 is 2. The van der Waals surface area contributed by atoms with Crippen molar-refractivity contribution in [3.8, 4) is 11.5 Å². The van der Waals surface area contributed by atoms with E-state index < -0.39 is 5.41 Å². The van der Waals surface area contributed by atoms with Gasteiger partial charge in [0.1, 0.15) is 11.5 Å². The summed E-state index contributed by atoms with van der Waals surface area (Å²) in [7, 11) is 3.34. The Morgan fingerprint density at radius 3 is 2.31 bits per heavy atom. The molecule has 0 bridgehead atoms. The third-order valence-electron chi connectivity index (χ3n) is 6.81. The van der Waals surface area contributed by atoms with E-state index in [0.29, 0.717) is 13.1 Å². The van der Waals surface area contributed by atoms with Crippen molar-refractivity contribution in [2.45, 2.75) is 38.3 Å². The minimum Gasteiger partial charge on any atom is -0.497 e. The highest BCUT2D eigenvalue weighted by atomic mass is 32.2. The lowest BCUT2D eigenvalue weighted by molar-refractivity contribution is -0.128. The van der Waals surface area contributed by atoms with Crippen LogP contribution in [0.1, 0.15) is 42.1 Å². The van der Waals surface area contributed by atoms with Crippen molar-refractivity contribution < 1.29 is 14.3 Å². The lowest BCUT2D eigenvalue weighted by Gasteiger charge is -2.45. The maximum atomic E-state index is 14.0. The van der Waals surface area contributed by atoms with E-state index in [9.17, 15) is 4.79 Å². The van der Waals surface area contributed by atoms with Gasteiger partial charge in [0.2, 0.25) is 0 Å². The van der Waals surface area contributed by atoms with Gasteiger partial charge in [-0.3, -0.25) is 9.69 Å². The van der Waals surface area contributed by atoms with Crippen LogP contribution in [-0.4, -0.2) is 37.7 Å². The Kier molecular flexibility index (Phi) is 7.91. The number of piperidine rings is 1. The van der Waals surface area contributed by atoms with E-state index in [1.165, 1.54) is 16.0 Å². The van der Waals surface area contributed by atoms with Crippen molar-refractivity contribution in [3.05, 3.63) is 94.6 Å². The first kappa shape index (κ1) is 26.1. The van der Waals surface area contributed by atoms with Gasteiger partial charge >= 0.3 is 0 Å². The SMILES string of the molecule is COc1ccc(OC)c(C2C(=Cc3ccc(SC)cc3)C(=O)C(C)(C)CN2Cc2ccc(C)cc2)c1. The van der Waals surface area contributed by atoms with Crippen molar-refractivity contribution in [1.29, 1.82) is 0 Å². The molecule has 0 N–H and O–H groups in total. The van der Waals surface area contributed by atoms with Crippen molar-refractivity contribution in [2.75, 3.05) is 27.0 Å². The minimum absolute atomic E-state index is 0.159. The summed E-state index contributed by atoms with van der Waals surface area (Å²) in [6.07, 6.45) is 4.12. The van der Waals surface area contributed by atoms with E-state index in [-0.39, 0.29) is 11.8 Å². The van der Waals surface area contributed by atoms with Crippen LogP contribution in [0.2, 0.25) is 0 Å². The molecule has 1 heterocycles. The summed E-state index contributed by atoms with van der Waals surface area (Å²) >= 11 is 1.71. The van der Waals surface area contributed by atoms with Crippen LogP contribution < -0.4 is 9.47 Å². The van der Waals surface area contributed by atoms with Gasteiger partial charge in [-0.1, -0.05) is 55.8 Å². The number of hydrogen-bond acceptors (Lipinski definition) is 5. The minimum atomic E-state index is -0.529. The normalized spacial score (nSPS) is 18.9. The van der Waals surface area contributed by atoms with Crippen LogP contribution in [-0.2, 0) is 11.3 Å². The van der Waals surface area contributed by atoms with E-state index in [2.05, 4.69) is 72.7 Å². The Hall–Kier alpha value is -3.02. The molecular formula is C31H35NO3S. The van der Waals surface area contributed by atoms with Gasteiger partial charge in [-0.2, -0.15) is 0 Å². The third-order valence-corrected chi connectivity index (χ3v) is 7.55. The third kappa shape index (κ3) is 5.53. The van der Waals surface area contributed by atoms with E-state index in [0.717, 1.165) is 28.2 Å². The number of Topliss-reactive ketones (excluding diaryl/α,β-unsaturated/α-hetero) is 1. The molecular weight excluding hydrogens is 466 g/mol. The summed E-state index contributed by atoms with van der Waals surface area (Å²) in [5.41, 5.74) is 4.62. The highest BCUT2D eigenvalue weighted by Crippen LogP contribution is 2.46. The molecule has 36 heavy (non-hydrogen) atoms. The van der Waals surface area contributed by atoms with Crippen LogP contribution in [0.3, 0.4) is 0 Å². The van der Waals surface area contributed by atoms with Gasteiger partial charge in [0.05, 0.1) is 20.3 Å². The quantitative estimate of drug-likeness (QED) is 0.258. The molecule has 1 aliphatic rings. The Bertz CT molecular complexity index is 1250. The second-order valence-electron chi connectivity index (χ2n) is 9.99. The number of carbonyl (C=O) groups is 1. The molecule has 0 spiro atoms. The predicted molar refractivity (Wildman–Crippen MR) is 149 cm³/mol. The molecule has 1 saturated heterocycles. The molecule has 5 heteroatoms. The fourth-order valence-electron chi connectivity index (χ4n) is 4.90. The molecule has 1 fully saturated rings. The molecule has 0 aromatic heterocycles. The first-order chi connectivity index (χ1) is 17.2. The van der Waals surface area contributed by atoms with E-state index >= 15 is 0 Å². The summed E-state index contributed by atoms with van der Waals surface area (Å²) in [4.78, 5) is 17.6. The molecule has 1 aliphatic heterocycles. The number of benzene rings is 3. The van der Waals surface area contributed by atoms with Crippen LogP contribution >= 0.6 is 11.8 Å². The molecule has 188 valence electrons. The Morgan fingerprint density at radius 1 is 1.00 bits per heavy atom. The number of ketones is 1. The standard InChI is InChI=1S/C31H35NO3S/c1-21-7-9-23(10-8-21)19-32-20-31(2,3)30(33)27(17-22-11-14-25(36-6)15-12-22)29(32)26-18-24(34-4)13-16-28(26)35-5/h7-18,29H,19-20H2,1-6H3. The highest BCUT2D eigenvalue weighted by molar-refractivity contribution is 7.98. The van der Waals surface area contributed by atoms with Crippen molar-refractivity contribution in [1.82, 2.24) is 4.90 Å². The summed E-state index contributed by atoms with van der Waals surface area (Å²) in [6, 6.07) is 22.5. The second kappa shape index (κ2) is 10.9. The van der Waals surface area contributed by atoms with Crippen molar-refractivity contribution in [2.24, 2.45) is 5.41 Å². The average Bonchev–Trinajstić information content (AvgIpc) is 2.88. The van der Waals surface area contributed by atoms with E-state index in [1.54, 1.807) is 26.0 Å². The molecule has 0 amide bonds. The van der Waals surface area contributed by atoms with Crippen LogP contribution in [0.5, 0.6) is 11.5 Å². The average molecular weight is 502 g/mol. The molecule has 4 rings (SSSR count). The maximum absolute atomic E-state index is 14.0. The molecule has 0 aliphatic carbocycles. The molecule has 1 atom stereocenters. The molecule has 3 aromatic rings. The van der Waals surface area contributed by atoms with Gasteiger partial charge in [0, 0.05) is 34.5 Å². The van der Waals surface area contributed by atoms with Crippen molar-refractivity contribution >= 4 is 23.6 Å². The van der Waals surface area contributed by atoms with E-state index in [4.69, 9.17) is 9.47 Å². The van der Waals surface area contributed by atoms with Gasteiger partial charge in [0.15, 0.2) is 5.78 Å². The molecule has 0 radical (unpaired) electrons. The number of hydrogen-bond donors (Lipinski definition) is 0. The largest absolute Gasteiger partial charge is 0.497 e. The van der Waals surface area contributed by atoms with Crippen LogP contribution in [0.15, 0.2) is 77.2 Å². The Balaban J connectivity index is 1.90. The maximum Gasteiger partial charge on any atom is 0.167 e. The molecule has 4 nitrogen and oxygen atoms in total.